The Hall–Kier alpha value is -8.08. The van der Waals surface area contributed by atoms with Gasteiger partial charge in [-0.25, -0.2) is 15.0 Å². The van der Waals surface area contributed by atoms with E-state index in [1.807, 2.05) is 79.0 Å². The average Bonchev–Trinajstić information content (AvgIpc) is 3.66. The summed E-state index contributed by atoms with van der Waals surface area (Å²) < 4.78 is 0. The van der Waals surface area contributed by atoms with Crippen molar-refractivity contribution in [2.45, 2.75) is 5.41 Å². The maximum Gasteiger partial charge on any atom is 0.164 e. The van der Waals surface area contributed by atoms with Crippen LogP contribution in [0.1, 0.15) is 22.3 Å². The maximum absolute atomic E-state index is 4.98. The highest BCUT2D eigenvalue weighted by Gasteiger charge is 2.46. The van der Waals surface area contributed by atoms with E-state index in [-0.39, 0.29) is 0 Å². The summed E-state index contributed by atoms with van der Waals surface area (Å²) in [6, 6.07) is 79.6. The summed E-state index contributed by atoms with van der Waals surface area (Å²) in [5.74, 6) is 1.93. The van der Waals surface area contributed by atoms with E-state index in [2.05, 4.69) is 157 Å². The van der Waals surface area contributed by atoms with Crippen molar-refractivity contribution in [3.8, 4) is 78.8 Å². The first-order chi connectivity index (χ1) is 30.2. The van der Waals surface area contributed by atoms with Gasteiger partial charge in [-0.3, -0.25) is 4.98 Å². The molecule has 8 aromatic carbocycles. The molecule has 1 aliphatic rings. The van der Waals surface area contributed by atoms with Gasteiger partial charge in [0.1, 0.15) is 0 Å². The molecular weight excluding hydrogens is 741 g/mol. The lowest BCUT2D eigenvalue weighted by atomic mass is 9.67. The van der Waals surface area contributed by atoms with Crippen molar-refractivity contribution in [3.63, 3.8) is 0 Å². The molecule has 286 valence electrons. The fourth-order valence-corrected chi connectivity index (χ4v) is 9.00. The van der Waals surface area contributed by atoms with Gasteiger partial charge >= 0.3 is 0 Å². The first kappa shape index (κ1) is 36.0. The summed E-state index contributed by atoms with van der Waals surface area (Å²) in [7, 11) is 0. The fraction of sp³-hybridized carbons (Fsp3) is 0.0175. The van der Waals surface area contributed by atoms with Crippen LogP contribution in [0.15, 0.2) is 231 Å². The van der Waals surface area contributed by atoms with E-state index in [0.29, 0.717) is 17.5 Å². The van der Waals surface area contributed by atoms with E-state index in [0.717, 1.165) is 44.6 Å². The van der Waals surface area contributed by atoms with Crippen LogP contribution < -0.4 is 0 Å². The van der Waals surface area contributed by atoms with Gasteiger partial charge in [-0.1, -0.05) is 200 Å². The Balaban J connectivity index is 1.01. The highest BCUT2D eigenvalue weighted by Crippen LogP contribution is 2.56. The summed E-state index contributed by atoms with van der Waals surface area (Å²) in [5, 5.41) is 0. The van der Waals surface area contributed by atoms with Gasteiger partial charge in [-0.15, -0.1) is 0 Å². The molecule has 1 aliphatic carbocycles. The second-order valence-corrected chi connectivity index (χ2v) is 15.4. The largest absolute Gasteiger partial charge is 0.256 e. The number of nitrogens with zero attached hydrogens (tertiary/aromatic N) is 4. The predicted octanol–water partition coefficient (Wildman–Crippen LogP) is 13.6. The maximum atomic E-state index is 4.98. The monoisotopic (exact) mass is 778 g/mol. The molecule has 0 unspecified atom stereocenters. The minimum atomic E-state index is -0.556. The van der Waals surface area contributed by atoms with Crippen LogP contribution in [0.5, 0.6) is 0 Å². The minimum Gasteiger partial charge on any atom is -0.256 e. The number of benzene rings is 8. The summed E-state index contributed by atoms with van der Waals surface area (Å²) in [6.07, 6.45) is 1.84. The molecule has 0 saturated carbocycles. The van der Waals surface area contributed by atoms with Crippen LogP contribution in [0.25, 0.3) is 78.8 Å². The molecule has 0 bridgehead atoms. The first-order valence-electron chi connectivity index (χ1n) is 20.6. The van der Waals surface area contributed by atoms with E-state index in [9.17, 15) is 0 Å². The molecule has 0 saturated heterocycles. The van der Waals surface area contributed by atoms with Crippen molar-refractivity contribution < 1.29 is 0 Å². The number of hydrogen-bond acceptors (Lipinski definition) is 4. The Morgan fingerprint density at radius 2 is 0.672 bits per heavy atom. The highest BCUT2D eigenvalue weighted by atomic mass is 15.0. The van der Waals surface area contributed by atoms with Crippen molar-refractivity contribution in [2.75, 3.05) is 0 Å². The van der Waals surface area contributed by atoms with Gasteiger partial charge in [0.2, 0.25) is 0 Å². The van der Waals surface area contributed by atoms with Gasteiger partial charge < -0.3 is 0 Å². The number of hydrogen-bond donors (Lipinski definition) is 0. The van der Waals surface area contributed by atoms with Crippen molar-refractivity contribution in [1.29, 1.82) is 0 Å². The smallest absolute Gasteiger partial charge is 0.164 e. The SMILES string of the molecule is c1ccc(-c2nc(-c3ccccc3)nc(-c3ccc(-c4cccc(C5(c6cccc(-c7ccc(-c8ccccn8)cc7)c6)c6ccccc6-c6ccccc65)c4)cc3)n2)cc1. The third kappa shape index (κ3) is 6.42. The Morgan fingerprint density at radius 3 is 1.15 bits per heavy atom. The molecule has 2 aromatic heterocycles. The molecule has 61 heavy (non-hydrogen) atoms. The number of pyridine rings is 1. The van der Waals surface area contributed by atoms with E-state index < -0.39 is 5.41 Å². The summed E-state index contributed by atoms with van der Waals surface area (Å²) in [6.45, 7) is 0. The molecule has 0 N–H and O–H groups in total. The van der Waals surface area contributed by atoms with Crippen LogP contribution in [0.3, 0.4) is 0 Å². The Morgan fingerprint density at radius 1 is 0.279 bits per heavy atom. The van der Waals surface area contributed by atoms with Gasteiger partial charge in [0.05, 0.1) is 11.1 Å². The average molecular weight is 779 g/mol. The van der Waals surface area contributed by atoms with Crippen molar-refractivity contribution in [2.24, 2.45) is 0 Å². The van der Waals surface area contributed by atoms with Crippen LogP contribution in [0.2, 0.25) is 0 Å². The predicted molar refractivity (Wildman–Crippen MR) is 248 cm³/mol. The minimum absolute atomic E-state index is 0.556. The van der Waals surface area contributed by atoms with Gasteiger partial charge in [-0.05, 0) is 79.9 Å². The molecule has 0 amide bonds. The second-order valence-electron chi connectivity index (χ2n) is 15.4. The summed E-state index contributed by atoms with van der Waals surface area (Å²) in [4.78, 5) is 19.4. The molecule has 2 heterocycles. The highest BCUT2D eigenvalue weighted by molar-refractivity contribution is 5.87. The molecule has 0 atom stereocenters. The Bertz CT molecular complexity index is 3060. The Labute approximate surface area is 355 Å². The quantitative estimate of drug-likeness (QED) is 0.154. The zero-order valence-corrected chi connectivity index (χ0v) is 33.2. The standard InChI is InChI=1S/C57H38N4/c1-3-15-42(16-4-1)54-59-55(43-17-5-2-6-18-43)61-56(60-54)44-34-30-40(31-35-44)46-20-14-22-48(38-46)57(51-25-9-7-23-49(51)50-24-8-10-26-52(50)57)47-21-13-19-45(37-47)39-28-32-41(33-29-39)53-27-11-12-36-58-53/h1-38H. The van der Waals surface area contributed by atoms with E-state index in [1.54, 1.807) is 0 Å². The Kier molecular flexibility index (Phi) is 9.02. The van der Waals surface area contributed by atoms with E-state index in [4.69, 9.17) is 15.0 Å². The van der Waals surface area contributed by atoms with Gasteiger partial charge in [0.15, 0.2) is 17.5 Å². The van der Waals surface area contributed by atoms with Crippen LogP contribution in [0.4, 0.5) is 0 Å². The van der Waals surface area contributed by atoms with Crippen LogP contribution in [-0.4, -0.2) is 19.9 Å². The van der Waals surface area contributed by atoms with Gasteiger partial charge in [0.25, 0.3) is 0 Å². The molecule has 4 heteroatoms. The lowest BCUT2D eigenvalue weighted by Crippen LogP contribution is -2.28. The zero-order valence-electron chi connectivity index (χ0n) is 33.2. The summed E-state index contributed by atoms with van der Waals surface area (Å²) >= 11 is 0. The molecule has 0 aliphatic heterocycles. The number of fused-ring (bicyclic) bond motifs is 3. The van der Waals surface area contributed by atoms with Gasteiger partial charge in [0, 0.05) is 28.5 Å². The van der Waals surface area contributed by atoms with E-state index in [1.165, 1.54) is 38.9 Å². The third-order valence-corrected chi connectivity index (χ3v) is 11.9. The molecule has 0 spiro atoms. The van der Waals surface area contributed by atoms with Crippen molar-refractivity contribution in [1.82, 2.24) is 19.9 Å². The molecule has 0 radical (unpaired) electrons. The number of aromatic nitrogens is 4. The van der Waals surface area contributed by atoms with E-state index >= 15 is 0 Å². The fourth-order valence-electron chi connectivity index (χ4n) is 9.00. The van der Waals surface area contributed by atoms with Crippen LogP contribution in [-0.2, 0) is 5.41 Å². The molecule has 11 rings (SSSR count). The second kappa shape index (κ2) is 15.3. The topological polar surface area (TPSA) is 51.6 Å². The van der Waals surface area contributed by atoms with Crippen molar-refractivity contribution >= 4 is 0 Å². The molecular formula is C57H38N4. The van der Waals surface area contributed by atoms with Crippen LogP contribution >= 0.6 is 0 Å². The normalized spacial score (nSPS) is 12.4. The first-order valence-corrected chi connectivity index (χ1v) is 20.6. The molecule has 0 fully saturated rings. The van der Waals surface area contributed by atoms with Crippen LogP contribution in [0, 0.1) is 0 Å². The molecule has 10 aromatic rings. The molecule has 4 nitrogen and oxygen atoms in total. The van der Waals surface area contributed by atoms with Gasteiger partial charge in [-0.2, -0.15) is 0 Å². The third-order valence-electron chi connectivity index (χ3n) is 11.9. The number of rotatable bonds is 8. The zero-order chi connectivity index (χ0) is 40.6. The summed E-state index contributed by atoms with van der Waals surface area (Å²) in [5.41, 5.74) is 16.4. The lowest BCUT2D eigenvalue weighted by molar-refractivity contribution is 0.769. The van der Waals surface area contributed by atoms with Crippen molar-refractivity contribution in [3.05, 3.63) is 253 Å². The lowest BCUT2D eigenvalue weighted by Gasteiger charge is -2.34.